The minimum absolute atomic E-state index is 0.159. The molecule has 146 valence electrons. The van der Waals surface area contributed by atoms with Crippen LogP contribution < -0.4 is 10.1 Å². The summed E-state index contributed by atoms with van der Waals surface area (Å²) in [6.45, 7) is -0.344. The number of carbonyl (C=O) groups excluding carboxylic acids is 1. The van der Waals surface area contributed by atoms with Gasteiger partial charge in [-0.2, -0.15) is 5.10 Å². The van der Waals surface area contributed by atoms with Gasteiger partial charge in [0.05, 0.1) is 22.4 Å². The molecule has 0 aliphatic carbocycles. The first-order valence-corrected chi connectivity index (χ1v) is 8.96. The Morgan fingerprint density at radius 3 is 2.62 bits per heavy atom. The third-order valence-electron chi connectivity index (χ3n) is 3.81. The fraction of sp³-hybridized carbons (Fsp3) is 0.0556. The van der Waals surface area contributed by atoms with Gasteiger partial charge in [-0.05, 0) is 24.3 Å². The molecule has 8 nitrogen and oxygen atoms in total. The Kier molecular flexibility index (Phi) is 5.24. The standard InChI is InChI=1S/C18H11Cl2FN6O2/c19-12-2-1-3-13(20)16(12)27-17-11(7-25-27)18(24-9-23-17)29-8-15(28)26-14-5-4-10(21)6-22-14/h1-7,9H,8H2,(H,22,26,28). The summed E-state index contributed by atoms with van der Waals surface area (Å²) < 4.78 is 19.8. The van der Waals surface area contributed by atoms with Crippen LogP contribution in [0.2, 0.25) is 10.0 Å². The number of para-hydroxylation sites is 1. The molecule has 4 aromatic rings. The van der Waals surface area contributed by atoms with Gasteiger partial charge in [-0.25, -0.2) is 24.0 Å². The Labute approximate surface area is 173 Å². The highest BCUT2D eigenvalue weighted by Crippen LogP contribution is 2.31. The summed E-state index contributed by atoms with van der Waals surface area (Å²) in [5.41, 5.74) is 0.876. The molecule has 4 rings (SSSR count). The predicted octanol–water partition coefficient (Wildman–Crippen LogP) is 3.67. The zero-order valence-electron chi connectivity index (χ0n) is 14.5. The van der Waals surface area contributed by atoms with Gasteiger partial charge in [0.25, 0.3) is 5.91 Å². The third-order valence-corrected chi connectivity index (χ3v) is 4.42. The van der Waals surface area contributed by atoms with Gasteiger partial charge in [-0.3, -0.25) is 4.79 Å². The molecule has 0 bridgehead atoms. The third kappa shape index (κ3) is 3.96. The lowest BCUT2D eigenvalue weighted by Crippen LogP contribution is -2.21. The number of anilines is 1. The average Bonchev–Trinajstić information content (AvgIpc) is 3.12. The molecule has 0 saturated carbocycles. The van der Waals surface area contributed by atoms with Crippen molar-refractivity contribution in [2.75, 3.05) is 11.9 Å². The van der Waals surface area contributed by atoms with E-state index in [9.17, 15) is 9.18 Å². The maximum absolute atomic E-state index is 12.9. The number of benzene rings is 1. The zero-order valence-corrected chi connectivity index (χ0v) is 16.0. The first-order chi connectivity index (χ1) is 14.0. The monoisotopic (exact) mass is 432 g/mol. The van der Waals surface area contributed by atoms with Crippen molar-refractivity contribution in [3.8, 4) is 11.6 Å². The van der Waals surface area contributed by atoms with Crippen LogP contribution in [0, 0.1) is 5.82 Å². The summed E-state index contributed by atoms with van der Waals surface area (Å²) in [5, 5.41) is 8.03. The molecule has 3 heterocycles. The summed E-state index contributed by atoms with van der Waals surface area (Å²) in [7, 11) is 0. The van der Waals surface area contributed by atoms with Crippen molar-refractivity contribution < 1.29 is 13.9 Å². The van der Waals surface area contributed by atoms with Crippen LogP contribution in [0.25, 0.3) is 16.7 Å². The maximum Gasteiger partial charge on any atom is 0.263 e. The highest BCUT2D eigenvalue weighted by molar-refractivity contribution is 6.37. The van der Waals surface area contributed by atoms with Crippen LogP contribution in [0.5, 0.6) is 5.88 Å². The second-order valence-electron chi connectivity index (χ2n) is 5.74. The van der Waals surface area contributed by atoms with Crippen LogP contribution in [0.1, 0.15) is 0 Å². The van der Waals surface area contributed by atoms with E-state index in [1.54, 1.807) is 18.2 Å². The first kappa shape index (κ1) is 19.0. The van der Waals surface area contributed by atoms with Gasteiger partial charge in [0.1, 0.15) is 29.0 Å². The molecule has 0 aliphatic rings. The fourth-order valence-electron chi connectivity index (χ4n) is 2.56. The first-order valence-electron chi connectivity index (χ1n) is 8.20. The van der Waals surface area contributed by atoms with Crippen molar-refractivity contribution in [3.63, 3.8) is 0 Å². The van der Waals surface area contributed by atoms with Gasteiger partial charge >= 0.3 is 0 Å². The number of halogens is 3. The number of ether oxygens (including phenoxy) is 1. The number of rotatable bonds is 5. The van der Waals surface area contributed by atoms with Gasteiger partial charge in [0, 0.05) is 0 Å². The minimum Gasteiger partial charge on any atom is -0.467 e. The lowest BCUT2D eigenvalue weighted by atomic mass is 10.3. The SMILES string of the molecule is O=C(COc1ncnc2c1cnn2-c1c(Cl)cccc1Cl)Nc1ccc(F)cn1. The van der Waals surface area contributed by atoms with E-state index in [0.29, 0.717) is 26.8 Å². The summed E-state index contributed by atoms with van der Waals surface area (Å²) in [4.78, 5) is 24.1. The van der Waals surface area contributed by atoms with Crippen LogP contribution in [-0.4, -0.2) is 37.2 Å². The van der Waals surface area contributed by atoms with Crippen molar-refractivity contribution in [2.24, 2.45) is 0 Å². The second-order valence-corrected chi connectivity index (χ2v) is 6.56. The highest BCUT2D eigenvalue weighted by atomic mass is 35.5. The molecular formula is C18H11Cl2FN6O2. The number of aromatic nitrogens is 5. The van der Waals surface area contributed by atoms with E-state index < -0.39 is 11.7 Å². The smallest absolute Gasteiger partial charge is 0.263 e. The summed E-state index contributed by atoms with van der Waals surface area (Å²) in [6.07, 6.45) is 3.77. The van der Waals surface area contributed by atoms with E-state index >= 15 is 0 Å². The van der Waals surface area contributed by atoms with Gasteiger partial charge in [-0.15, -0.1) is 0 Å². The van der Waals surface area contributed by atoms with E-state index in [4.69, 9.17) is 27.9 Å². The number of amides is 1. The Morgan fingerprint density at radius 2 is 1.90 bits per heavy atom. The number of pyridine rings is 1. The number of carbonyl (C=O) groups is 1. The Hall–Kier alpha value is -3.30. The quantitative estimate of drug-likeness (QED) is 0.516. The van der Waals surface area contributed by atoms with E-state index in [1.807, 2.05) is 0 Å². The van der Waals surface area contributed by atoms with Crippen molar-refractivity contribution >= 4 is 46.0 Å². The Balaban J connectivity index is 1.55. The highest BCUT2D eigenvalue weighted by Gasteiger charge is 2.17. The lowest BCUT2D eigenvalue weighted by molar-refractivity contribution is -0.118. The summed E-state index contributed by atoms with van der Waals surface area (Å²) in [5.74, 6) is -0.628. The lowest BCUT2D eigenvalue weighted by Gasteiger charge is -2.09. The van der Waals surface area contributed by atoms with Crippen LogP contribution in [0.4, 0.5) is 10.2 Å². The number of hydrogen-bond acceptors (Lipinski definition) is 6. The molecule has 0 fully saturated rings. The number of hydrogen-bond donors (Lipinski definition) is 1. The molecule has 0 unspecified atom stereocenters. The minimum atomic E-state index is -0.502. The van der Waals surface area contributed by atoms with Crippen LogP contribution in [0.15, 0.2) is 49.1 Å². The van der Waals surface area contributed by atoms with E-state index in [-0.39, 0.29) is 18.3 Å². The van der Waals surface area contributed by atoms with Gasteiger partial charge in [-0.1, -0.05) is 29.3 Å². The summed E-state index contributed by atoms with van der Waals surface area (Å²) >= 11 is 12.5. The maximum atomic E-state index is 12.9. The molecule has 3 aromatic heterocycles. The van der Waals surface area contributed by atoms with Crippen LogP contribution in [0.3, 0.4) is 0 Å². The topological polar surface area (TPSA) is 94.8 Å². The average molecular weight is 433 g/mol. The van der Waals surface area contributed by atoms with Crippen molar-refractivity contribution in [1.82, 2.24) is 24.7 Å². The molecule has 0 saturated heterocycles. The molecule has 0 radical (unpaired) electrons. The molecule has 1 N–H and O–H groups in total. The molecule has 1 aromatic carbocycles. The normalized spacial score (nSPS) is 10.9. The van der Waals surface area contributed by atoms with Crippen molar-refractivity contribution in [1.29, 1.82) is 0 Å². The van der Waals surface area contributed by atoms with Crippen molar-refractivity contribution in [2.45, 2.75) is 0 Å². The van der Waals surface area contributed by atoms with Crippen LogP contribution in [-0.2, 0) is 4.79 Å². The number of fused-ring (bicyclic) bond motifs is 1. The van der Waals surface area contributed by atoms with E-state index in [1.165, 1.54) is 29.3 Å². The molecule has 11 heteroatoms. The predicted molar refractivity (Wildman–Crippen MR) is 105 cm³/mol. The Bertz CT molecular complexity index is 1180. The van der Waals surface area contributed by atoms with E-state index in [0.717, 1.165) is 6.20 Å². The molecule has 0 spiro atoms. The molecule has 29 heavy (non-hydrogen) atoms. The van der Waals surface area contributed by atoms with Gasteiger partial charge < -0.3 is 10.1 Å². The molecular weight excluding hydrogens is 422 g/mol. The van der Waals surface area contributed by atoms with E-state index in [2.05, 4.69) is 25.4 Å². The van der Waals surface area contributed by atoms with Crippen LogP contribution >= 0.6 is 23.2 Å². The van der Waals surface area contributed by atoms with Crippen molar-refractivity contribution in [3.05, 3.63) is 64.9 Å². The summed E-state index contributed by atoms with van der Waals surface area (Å²) in [6, 6.07) is 7.61. The largest absolute Gasteiger partial charge is 0.467 e. The molecule has 0 aliphatic heterocycles. The molecule has 1 amide bonds. The van der Waals surface area contributed by atoms with Gasteiger partial charge in [0.15, 0.2) is 12.3 Å². The zero-order chi connectivity index (χ0) is 20.4. The number of nitrogens with zero attached hydrogens (tertiary/aromatic N) is 5. The molecule has 0 atom stereocenters. The number of nitrogens with one attached hydrogen (secondary N) is 1. The second kappa shape index (κ2) is 7.98. The fourth-order valence-corrected chi connectivity index (χ4v) is 3.11. The Morgan fingerprint density at radius 1 is 1.10 bits per heavy atom. The van der Waals surface area contributed by atoms with Gasteiger partial charge in [0.2, 0.25) is 5.88 Å².